The normalized spacial score (nSPS) is 11.9. The van der Waals surface area contributed by atoms with E-state index in [1.807, 2.05) is 32.0 Å². The number of carbonyl (C=O) groups excluding carboxylic acids is 1. The topological polar surface area (TPSA) is 71.1 Å². The first-order valence-corrected chi connectivity index (χ1v) is 11.7. The molecule has 1 heterocycles. The minimum absolute atomic E-state index is 0.300. The van der Waals surface area contributed by atoms with E-state index >= 15 is 0 Å². The van der Waals surface area contributed by atoms with Crippen LogP contribution in [0.2, 0.25) is 10.0 Å². The molecule has 2 amide bonds. The Morgan fingerprint density at radius 1 is 1.14 bits per heavy atom. The first-order chi connectivity index (χ1) is 13.8. The monoisotopic (exact) mass is 467 g/mol. The van der Waals surface area contributed by atoms with Crippen LogP contribution < -0.4 is 10.6 Å². The third kappa shape index (κ3) is 5.79. The SMILES string of the molecule is Cc1cccc(C)c1S(=O)Cc1csc(NC(=O)NCc2ccc(Cl)c(Cl)c2)n1. The second kappa shape index (κ2) is 9.71. The molecule has 29 heavy (non-hydrogen) atoms. The van der Waals surface area contributed by atoms with Crippen LogP contribution in [0.1, 0.15) is 22.4 Å². The van der Waals surface area contributed by atoms with Gasteiger partial charge in [-0.2, -0.15) is 0 Å². The molecule has 0 radical (unpaired) electrons. The van der Waals surface area contributed by atoms with Gasteiger partial charge in [-0.1, -0.05) is 47.5 Å². The molecule has 0 aliphatic carbocycles. The second-order valence-electron chi connectivity index (χ2n) is 6.41. The molecule has 0 saturated heterocycles. The highest BCUT2D eigenvalue weighted by atomic mass is 35.5. The number of benzene rings is 2. The predicted octanol–water partition coefficient (Wildman–Crippen LogP) is 5.70. The van der Waals surface area contributed by atoms with E-state index in [-0.39, 0.29) is 6.03 Å². The van der Waals surface area contributed by atoms with E-state index in [9.17, 15) is 9.00 Å². The maximum atomic E-state index is 12.8. The number of aryl methyl sites for hydroxylation is 2. The summed E-state index contributed by atoms with van der Waals surface area (Å²) in [4.78, 5) is 17.3. The van der Waals surface area contributed by atoms with Crippen LogP contribution in [-0.4, -0.2) is 15.2 Å². The number of hydrogen-bond donors (Lipinski definition) is 2. The number of aromatic nitrogens is 1. The minimum Gasteiger partial charge on any atom is -0.334 e. The molecule has 1 aromatic heterocycles. The molecule has 152 valence electrons. The van der Waals surface area contributed by atoms with Crippen LogP contribution in [-0.2, 0) is 23.1 Å². The van der Waals surface area contributed by atoms with Crippen molar-refractivity contribution in [2.24, 2.45) is 0 Å². The van der Waals surface area contributed by atoms with E-state index < -0.39 is 10.8 Å². The molecule has 0 fully saturated rings. The van der Waals surface area contributed by atoms with E-state index in [1.54, 1.807) is 23.6 Å². The van der Waals surface area contributed by atoms with Crippen LogP contribution in [0, 0.1) is 13.8 Å². The molecule has 0 saturated carbocycles. The lowest BCUT2D eigenvalue weighted by atomic mass is 10.2. The Morgan fingerprint density at radius 2 is 1.86 bits per heavy atom. The van der Waals surface area contributed by atoms with E-state index in [0.29, 0.717) is 33.2 Å². The highest BCUT2D eigenvalue weighted by molar-refractivity contribution is 7.84. The Kier molecular flexibility index (Phi) is 7.29. The quantitative estimate of drug-likeness (QED) is 0.488. The molecule has 2 N–H and O–H groups in total. The fraction of sp³-hybridized carbons (Fsp3) is 0.200. The van der Waals surface area contributed by atoms with Gasteiger partial charge in [0.15, 0.2) is 5.13 Å². The first kappa shape index (κ1) is 21.8. The Labute approximate surface area is 185 Å². The Balaban J connectivity index is 1.56. The summed E-state index contributed by atoms with van der Waals surface area (Å²) in [6.45, 7) is 4.20. The summed E-state index contributed by atoms with van der Waals surface area (Å²) in [7, 11) is -1.20. The lowest BCUT2D eigenvalue weighted by Gasteiger charge is -2.08. The smallest absolute Gasteiger partial charge is 0.321 e. The largest absolute Gasteiger partial charge is 0.334 e. The lowest BCUT2D eigenvalue weighted by Crippen LogP contribution is -2.28. The third-order valence-corrected chi connectivity index (χ3v) is 7.33. The van der Waals surface area contributed by atoms with Crippen LogP contribution in [0.25, 0.3) is 0 Å². The minimum atomic E-state index is -1.20. The molecule has 0 bridgehead atoms. The highest BCUT2D eigenvalue weighted by Gasteiger charge is 2.14. The number of rotatable bonds is 6. The van der Waals surface area contributed by atoms with Crippen LogP contribution in [0.4, 0.5) is 9.93 Å². The summed E-state index contributed by atoms with van der Waals surface area (Å²) in [5, 5.41) is 8.59. The van der Waals surface area contributed by atoms with Gasteiger partial charge in [0.25, 0.3) is 0 Å². The summed E-state index contributed by atoms with van der Waals surface area (Å²) in [5.41, 5.74) is 3.51. The molecule has 0 spiro atoms. The first-order valence-electron chi connectivity index (χ1n) is 8.71. The van der Waals surface area contributed by atoms with Crippen molar-refractivity contribution >= 4 is 56.5 Å². The molecule has 0 aliphatic rings. The van der Waals surface area contributed by atoms with E-state index in [0.717, 1.165) is 21.6 Å². The van der Waals surface area contributed by atoms with Crippen LogP contribution in [0.5, 0.6) is 0 Å². The number of urea groups is 1. The molecule has 9 heteroatoms. The number of nitrogens with zero attached hydrogens (tertiary/aromatic N) is 1. The molecule has 3 rings (SSSR count). The van der Waals surface area contributed by atoms with Crippen LogP contribution in [0.3, 0.4) is 0 Å². The molecule has 5 nitrogen and oxygen atoms in total. The van der Waals surface area contributed by atoms with Gasteiger partial charge in [0.1, 0.15) is 0 Å². The van der Waals surface area contributed by atoms with Gasteiger partial charge in [-0.25, -0.2) is 9.78 Å². The zero-order valence-electron chi connectivity index (χ0n) is 15.8. The molecule has 3 aromatic rings. The number of hydrogen-bond acceptors (Lipinski definition) is 4. The number of carbonyl (C=O) groups is 1. The maximum Gasteiger partial charge on any atom is 0.321 e. The number of anilines is 1. The highest BCUT2D eigenvalue weighted by Crippen LogP contribution is 2.24. The standard InChI is InChI=1S/C20H19Cl2N3O2S2/c1-12-4-3-5-13(2)18(12)29(27)11-15-10-28-20(24-15)25-19(26)23-9-14-6-7-16(21)17(22)8-14/h3-8,10H,9,11H2,1-2H3,(H2,23,24,25,26). The zero-order valence-corrected chi connectivity index (χ0v) is 18.9. The lowest BCUT2D eigenvalue weighted by molar-refractivity contribution is 0.251. The Morgan fingerprint density at radius 3 is 2.55 bits per heavy atom. The van der Waals surface area contributed by atoms with Crippen LogP contribution in [0.15, 0.2) is 46.7 Å². The predicted molar refractivity (Wildman–Crippen MR) is 120 cm³/mol. The van der Waals surface area contributed by atoms with Crippen molar-refractivity contribution in [3.05, 3.63) is 74.2 Å². The van der Waals surface area contributed by atoms with Crippen molar-refractivity contribution < 1.29 is 9.00 Å². The number of amides is 2. The third-order valence-electron chi connectivity index (χ3n) is 4.12. The Hall–Kier alpha value is -1.93. The number of nitrogens with one attached hydrogen (secondary N) is 2. The van der Waals surface area contributed by atoms with E-state index in [2.05, 4.69) is 15.6 Å². The molecular formula is C20H19Cl2N3O2S2. The van der Waals surface area contributed by atoms with Gasteiger partial charge in [0.2, 0.25) is 0 Å². The van der Waals surface area contributed by atoms with Gasteiger partial charge < -0.3 is 5.32 Å². The van der Waals surface area contributed by atoms with Crippen LogP contribution >= 0.6 is 34.5 Å². The summed E-state index contributed by atoms with van der Waals surface area (Å²) < 4.78 is 12.8. The average molecular weight is 468 g/mol. The van der Waals surface area contributed by atoms with Crippen molar-refractivity contribution in [2.75, 3.05) is 5.32 Å². The number of halogens is 2. The van der Waals surface area contributed by atoms with Crippen molar-refractivity contribution in [1.29, 1.82) is 0 Å². The number of thiazole rings is 1. The van der Waals surface area contributed by atoms with Crippen molar-refractivity contribution in [2.45, 2.75) is 31.0 Å². The van der Waals surface area contributed by atoms with Gasteiger partial charge in [-0.05, 0) is 42.7 Å². The summed E-state index contributed by atoms with van der Waals surface area (Å²) in [6.07, 6.45) is 0. The fourth-order valence-corrected chi connectivity index (χ4v) is 5.32. The Bertz CT molecular complexity index is 1050. The van der Waals surface area contributed by atoms with Gasteiger partial charge in [-0.15, -0.1) is 11.3 Å². The molecule has 1 unspecified atom stereocenters. The molecule has 0 aliphatic heterocycles. The van der Waals surface area contributed by atoms with Gasteiger partial charge >= 0.3 is 6.03 Å². The van der Waals surface area contributed by atoms with Crippen molar-refractivity contribution in [1.82, 2.24) is 10.3 Å². The molecular weight excluding hydrogens is 449 g/mol. The van der Waals surface area contributed by atoms with Crippen molar-refractivity contribution in [3.63, 3.8) is 0 Å². The summed E-state index contributed by atoms with van der Waals surface area (Å²) in [5.74, 6) is 0.300. The fourth-order valence-electron chi connectivity index (χ4n) is 2.77. The zero-order chi connectivity index (χ0) is 21.0. The van der Waals surface area contributed by atoms with Gasteiger partial charge in [0.05, 0.1) is 32.3 Å². The van der Waals surface area contributed by atoms with E-state index in [4.69, 9.17) is 23.2 Å². The maximum absolute atomic E-state index is 12.8. The molecule has 1 atom stereocenters. The second-order valence-corrected chi connectivity index (χ2v) is 9.47. The van der Waals surface area contributed by atoms with Gasteiger partial charge in [-0.3, -0.25) is 9.53 Å². The van der Waals surface area contributed by atoms with E-state index in [1.165, 1.54) is 11.3 Å². The summed E-state index contributed by atoms with van der Waals surface area (Å²) in [6, 6.07) is 10.6. The molecule has 2 aromatic carbocycles. The average Bonchev–Trinajstić information content (AvgIpc) is 3.09. The van der Waals surface area contributed by atoms with Crippen molar-refractivity contribution in [3.8, 4) is 0 Å². The van der Waals surface area contributed by atoms with Gasteiger partial charge in [0, 0.05) is 16.8 Å². The summed E-state index contributed by atoms with van der Waals surface area (Å²) >= 11 is 13.2.